The molecule has 8 nitrogen and oxygen atoms in total. The highest BCUT2D eigenvalue weighted by Crippen LogP contribution is 2.04. The molecule has 0 spiro atoms. The van der Waals surface area contributed by atoms with Gasteiger partial charge in [-0.15, -0.1) is 0 Å². The van der Waals surface area contributed by atoms with Crippen LogP contribution < -0.4 is 5.32 Å². The standard InChI is InChI=1S/C12H23N3O5/c16-8-2-10(11(18)19)13-12(20)15-4-1-3-14(5-6-15)7-9-17/h10,16-17H,1-9H2,(H,13,20)(H,18,19). The molecule has 4 N–H and O–H groups in total. The summed E-state index contributed by atoms with van der Waals surface area (Å²) >= 11 is 0. The molecule has 1 aliphatic rings. The molecule has 0 aromatic rings. The molecule has 0 saturated carbocycles. The lowest BCUT2D eigenvalue weighted by molar-refractivity contribution is -0.139. The van der Waals surface area contributed by atoms with Crippen LogP contribution in [0.5, 0.6) is 0 Å². The monoisotopic (exact) mass is 289 g/mol. The highest BCUT2D eigenvalue weighted by atomic mass is 16.4. The number of nitrogens with one attached hydrogen (secondary N) is 1. The predicted molar refractivity (Wildman–Crippen MR) is 71.4 cm³/mol. The Morgan fingerprint density at radius 3 is 2.45 bits per heavy atom. The van der Waals surface area contributed by atoms with Gasteiger partial charge in [0.1, 0.15) is 6.04 Å². The third-order valence-electron chi connectivity index (χ3n) is 3.31. The molecule has 0 aromatic heterocycles. The molecule has 0 bridgehead atoms. The number of aliphatic carboxylic acids is 1. The molecule has 0 radical (unpaired) electrons. The highest BCUT2D eigenvalue weighted by molar-refractivity contribution is 5.82. The van der Waals surface area contributed by atoms with Crippen LogP contribution in [0.2, 0.25) is 0 Å². The van der Waals surface area contributed by atoms with E-state index >= 15 is 0 Å². The van der Waals surface area contributed by atoms with Crippen LogP contribution >= 0.6 is 0 Å². The maximum Gasteiger partial charge on any atom is 0.326 e. The predicted octanol–water partition coefficient (Wildman–Crippen LogP) is -1.47. The van der Waals surface area contributed by atoms with Crippen molar-refractivity contribution in [2.24, 2.45) is 0 Å². The number of carboxylic acid groups (broad SMARTS) is 1. The smallest absolute Gasteiger partial charge is 0.326 e. The lowest BCUT2D eigenvalue weighted by atomic mass is 10.2. The number of hydrogen-bond donors (Lipinski definition) is 4. The van der Waals surface area contributed by atoms with Crippen molar-refractivity contribution in [1.29, 1.82) is 0 Å². The van der Waals surface area contributed by atoms with E-state index in [0.717, 1.165) is 13.0 Å². The Morgan fingerprint density at radius 1 is 1.10 bits per heavy atom. The number of carboxylic acids is 1. The van der Waals surface area contributed by atoms with Crippen LogP contribution in [0.15, 0.2) is 0 Å². The van der Waals surface area contributed by atoms with Crippen LogP contribution in [-0.4, -0.2) is 89.1 Å². The molecule has 1 fully saturated rings. The van der Waals surface area contributed by atoms with Crippen molar-refractivity contribution >= 4 is 12.0 Å². The minimum Gasteiger partial charge on any atom is -0.480 e. The third-order valence-corrected chi connectivity index (χ3v) is 3.31. The first-order valence-corrected chi connectivity index (χ1v) is 6.80. The second-order valence-electron chi connectivity index (χ2n) is 4.76. The van der Waals surface area contributed by atoms with Gasteiger partial charge in [-0.2, -0.15) is 0 Å². The fourth-order valence-corrected chi connectivity index (χ4v) is 2.17. The van der Waals surface area contributed by atoms with Gasteiger partial charge in [-0.05, 0) is 13.0 Å². The Morgan fingerprint density at radius 2 is 1.85 bits per heavy atom. The molecule has 1 heterocycles. The maximum atomic E-state index is 12.0. The van der Waals surface area contributed by atoms with E-state index in [-0.39, 0.29) is 19.6 Å². The molecule has 1 atom stereocenters. The first-order chi connectivity index (χ1) is 9.58. The first kappa shape index (κ1) is 16.7. The van der Waals surface area contributed by atoms with Gasteiger partial charge in [0.25, 0.3) is 0 Å². The molecule has 1 saturated heterocycles. The van der Waals surface area contributed by atoms with E-state index in [2.05, 4.69) is 10.2 Å². The second-order valence-corrected chi connectivity index (χ2v) is 4.76. The molecule has 20 heavy (non-hydrogen) atoms. The molecule has 2 amide bonds. The normalized spacial score (nSPS) is 18.4. The van der Waals surface area contributed by atoms with Crippen molar-refractivity contribution in [3.8, 4) is 0 Å². The average molecular weight is 289 g/mol. The summed E-state index contributed by atoms with van der Waals surface area (Å²) in [7, 11) is 0. The number of carbonyl (C=O) groups excluding carboxylic acids is 1. The van der Waals surface area contributed by atoms with E-state index in [1.807, 2.05) is 0 Å². The summed E-state index contributed by atoms with van der Waals surface area (Å²) in [4.78, 5) is 26.6. The van der Waals surface area contributed by atoms with Crippen molar-refractivity contribution in [3.05, 3.63) is 0 Å². The van der Waals surface area contributed by atoms with Gasteiger partial charge in [-0.3, -0.25) is 4.90 Å². The van der Waals surface area contributed by atoms with Crippen LogP contribution in [0, 0.1) is 0 Å². The second kappa shape index (κ2) is 8.72. The van der Waals surface area contributed by atoms with Gasteiger partial charge >= 0.3 is 12.0 Å². The number of carbonyl (C=O) groups is 2. The number of hydrogen-bond acceptors (Lipinski definition) is 5. The molecule has 8 heteroatoms. The zero-order valence-corrected chi connectivity index (χ0v) is 11.5. The van der Waals surface area contributed by atoms with Crippen LogP contribution in [0.25, 0.3) is 0 Å². The summed E-state index contributed by atoms with van der Waals surface area (Å²) in [5, 5.41) is 29.1. The zero-order valence-electron chi connectivity index (χ0n) is 11.5. The van der Waals surface area contributed by atoms with Gasteiger partial charge in [0.2, 0.25) is 0 Å². The number of aliphatic hydroxyl groups is 2. The largest absolute Gasteiger partial charge is 0.480 e. The van der Waals surface area contributed by atoms with Crippen LogP contribution in [0.1, 0.15) is 12.8 Å². The number of β-amino-alcohol motifs (C(OH)–C–C–N with tert-alkyl or cyclic N) is 1. The van der Waals surface area contributed by atoms with E-state index in [9.17, 15) is 9.59 Å². The topological polar surface area (TPSA) is 113 Å². The minimum atomic E-state index is -1.15. The Hall–Kier alpha value is -1.38. The number of nitrogens with zero attached hydrogens (tertiary/aromatic N) is 2. The van der Waals surface area contributed by atoms with Gasteiger partial charge in [0, 0.05) is 39.2 Å². The SMILES string of the molecule is O=C(O)C(CCO)NC(=O)N1CCCN(CCO)CC1. The molecule has 1 unspecified atom stereocenters. The summed E-state index contributed by atoms with van der Waals surface area (Å²) in [6.45, 7) is 2.90. The molecule has 0 aliphatic carbocycles. The van der Waals surface area contributed by atoms with Crippen LogP contribution in [-0.2, 0) is 4.79 Å². The number of rotatable bonds is 6. The van der Waals surface area contributed by atoms with Crippen molar-refractivity contribution in [1.82, 2.24) is 15.1 Å². The van der Waals surface area contributed by atoms with Crippen molar-refractivity contribution in [2.75, 3.05) is 45.9 Å². The van der Waals surface area contributed by atoms with Gasteiger partial charge in [-0.1, -0.05) is 0 Å². The first-order valence-electron chi connectivity index (χ1n) is 6.80. The fourth-order valence-electron chi connectivity index (χ4n) is 2.17. The quantitative estimate of drug-likeness (QED) is 0.475. The fraction of sp³-hybridized carbons (Fsp3) is 0.833. The van der Waals surface area contributed by atoms with Crippen LogP contribution in [0.4, 0.5) is 4.79 Å². The van der Waals surface area contributed by atoms with E-state index in [0.29, 0.717) is 26.2 Å². The summed E-state index contributed by atoms with van der Waals surface area (Å²) in [6.07, 6.45) is 0.775. The summed E-state index contributed by atoms with van der Waals surface area (Å²) in [6, 6.07) is -1.49. The van der Waals surface area contributed by atoms with Gasteiger partial charge in [0.05, 0.1) is 6.61 Å². The van der Waals surface area contributed by atoms with Gasteiger partial charge in [-0.25, -0.2) is 9.59 Å². The van der Waals surface area contributed by atoms with E-state index in [1.165, 1.54) is 0 Å². The molecular weight excluding hydrogens is 266 g/mol. The zero-order chi connectivity index (χ0) is 15.0. The Kier molecular flexibility index (Phi) is 7.27. The number of urea groups is 1. The van der Waals surface area contributed by atoms with Gasteiger partial charge in [0.15, 0.2) is 0 Å². The van der Waals surface area contributed by atoms with Gasteiger partial charge < -0.3 is 25.5 Å². The molecule has 1 rings (SSSR count). The van der Waals surface area contributed by atoms with E-state index in [1.54, 1.807) is 4.90 Å². The Labute approximate surface area is 118 Å². The lowest BCUT2D eigenvalue weighted by Gasteiger charge is -2.24. The van der Waals surface area contributed by atoms with Crippen molar-refractivity contribution < 1.29 is 24.9 Å². The van der Waals surface area contributed by atoms with E-state index < -0.39 is 18.0 Å². The molecule has 116 valence electrons. The van der Waals surface area contributed by atoms with Crippen molar-refractivity contribution in [2.45, 2.75) is 18.9 Å². The average Bonchev–Trinajstić information content (AvgIpc) is 2.64. The summed E-state index contributed by atoms with van der Waals surface area (Å²) < 4.78 is 0. The molecule has 0 aromatic carbocycles. The number of amides is 2. The van der Waals surface area contributed by atoms with Crippen molar-refractivity contribution in [3.63, 3.8) is 0 Å². The third kappa shape index (κ3) is 5.32. The lowest BCUT2D eigenvalue weighted by Crippen LogP contribution is -2.49. The maximum absolute atomic E-state index is 12.0. The van der Waals surface area contributed by atoms with E-state index in [4.69, 9.17) is 15.3 Å². The summed E-state index contributed by atoms with van der Waals surface area (Å²) in [5.41, 5.74) is 0. The summed E-state index contributed by atoms with van der Waals surface area (Å²) in [5.74, 6) is -1.15. The van der Waals surface area contributed by atoms with Crippen LogP contribution in [0.3, 0.4) is 0 Å². The highest BCUT2D eigenvalue weighted by Gasteiger charge is 2.24. The minimum absolute atomic E-state index is 0.00838. The Balaban J connectivity index is 2.48. The molecule has 1 aliphatic heterocycles. The number of aliphatic hydroxyl groups excluding tert-OH is 2. The molecular formula is C12H23N3O5. The Bertz CT molecular complexity index is 326.